The molecule has 1 N–H and O–H groups in total. The molecule has 2 amide bonds. The maximum Gasteiger partial charge on any atom is 0.573 e. The Bertz CT molecular complexity index is 1690. The maximum atomic E-state index is 13.2. The molecule has 13 heteroatoms. The summed E-state index contributed by atoms with van der Waals surface area (Å²) in [5.74, 6) is 1.95. The third-order valence-electron chi connectivity index (χ3n) is 7.24. The number of amidine groups is 1. The third kappa shape index (κ3) is 7.59. The largest absolute Gasteiger partial charge is 0.573 e. The van der Waals surface area contributed by atoms with Crippen LogP contribution >= 0.6 is 11.8 Å². The number of hydrogen-bond acceptors (Lipinski definition) is 6. The van der Waals surface area contributed by atoms with Gasteiger partial charge in [0.15, 0.2) is 11.0 Å². The number of halogens is 3. The molecule has 0 saturated carbocycles. The number of aliphatic imine (C=N–C) groups is 1. The van der Waals surface area contributed by atoms with E-state index < -0.39 is 17.9 Å². The average Bonchev–Trinajstić information content (AvgIpc) is 3.66. The molecule has 236 valence electrons. The van der Waals surface area contributed by atoms with Crippen molar-refractivity contribution in [2.24, 2.45) is 4.99 Å². The molecule has 1 aromatic heterocycles. The van der Waals surface area contributed by atoms with Crippen molar-refractivity contribution < 1.29 is 27.4 Å². The summed E-state index contributed by atoms with van der Waals surface area (Å²) in [7, 11) is 1.63. The van der Waals surface area contributed by atoms with Crippen molar-refractivity contribution in [3.8, 4) is 28.6 Å². The standard InChI is InChI=1S/C32H33F3N6O3S/c1-20(2)26-15-14-25(43-5)18-27(26)40-16-17-45-30(40)37-29(42)38-31(3,4)22-8-6-21(7-9-22)28-36-19-41(39-28)23-10-12-24(13-11-23)44-32(33,34)35/h6-15,18-20H,16-17H2,1-5H3,(H,38,42). The van der Waals surface area contributed by atoms with Gasteiger partial charge in [-0.25, -0.2) is 14.5 Å². The van der Waals surface area contributed by atoms with Crippen molar-refractivity contribution in [1.82, 2.24) is 20.1 Å². The molecule has 1 aliphatic rings. The second-order valence-electron chi connectivity index (χ2n) is 11.2. The van der Waals surface area contributed by atoms with Gasteiger partial charge < -0.3 is 19.7 Å². The minimum atomic E-state index is -4.76. The lowest BCUT2D eigenvalue weighted by molar-refractivity contribution is -0.274. The zero-order chi connectivity index (χ0) is 32.4. The first-order chi connectivity index (χ1) is 21.3. The number of carbonyl (C=O) groups excluding carboxylic acids is 1. The Morgan fingerprint density at radius 3 is 2.36 bits per heavy atom. The Morgan fingerprint density at radius 2 is 1.71 bits per heavy atom. The van der Waals surface area contributed by atoms with Crippen LogP contribution in [0.15, 0.2) is 78.0 Å². The SMILES string of the molecule is COc1ccc(C(C)C)c(N2CCSC2=NC(=O)NC(C)(C)c2ccc(-c3ncn(-c4ccc(OC(F)(F)F)cc4)n3)cc2)c1. The summed E-state index contributed by atoms with van der Waals surface area (Å²) in [6.07, 6.45) is -3.28. The number of rotatable bonds is 8. The van der Waals surface area contributed by atoms with Crippen molar-refractivity contribution >= 4 is 28.6 Å². The molecule has 1 aliphatic heterocycles. The summed E-state index contributed by atoms with van der Waals surface area (Å²) in [5.41, 5.74) is 3.51. The molecule has 0 aliphatic carbocycles. The van der Waals surface area contributed by atoms with E-state index in [0.717, 1.165) is 40.4 Å². The van der Waals surface area contributed by atoms with Crippen molar-refractivity contribution in [3.05, 3.63) is 84.2 Å². The molecular weight excluding hydrogens is 605 g/mol. The number of amides is 2. The molecule has 0 radical (unpaired) electrons. The fraction of sp³-hybridized carbons (Fsp3) is 0.312. The highest BCUT2D eigenvalue weighted by Gasteiger charge is 2.31. The van der Waals surface area contributed by atoms with Gasteiger partial charge >= 0.3 is 12.4 Å². The van der Waals surface area contributed by atoms with Gasteiger partial charge in [0, 0.05) is 29.6 Å². The van der Waals surface area contributed by atoms with E-state index in [1.165, 1.54) is 47.0 Å². The van der Waals surface area contributed by atoms with Crippen LogP contribution < -0.4 is 19.7 Å². The molecule has 0 unspecified atom stereocenters. The molecule has 2 heterocycles. The van der Waals surface area contributed by atoms with Gasteiger partial charge in [-0.15, -0.1) is 18.3 Å². The Labute approximate surface area is 263 Å². The van der Waals surface area contributed by atoms with E-state index in [1.54, 1.807) is 7.11 Å². The number of hydrogen-bond donors (Lipinski definition) is 1. The summed E-state index contributed by atoms with van der Waals surface area (Å²) in [6, 6.07) is 18.3. The number of thioether (sulfide) groups is 1. The lowest BCUT2D eigenvalue weighted by atomic mass is 9.93. The van der Waals surface area contributed by atoms with Gasteiger partial charge in [-0.3, -0.25) is 0 Å². The van der Waals surface area contributed by atoms with E-state index in [-0.39, 0.29) is 11.7 Å². The summed E-state index contributed by atoms with van der Waals surface area (Å²) in [4.78, 5) is 24.0. The van der Waals surface area contributed by atoms with Crippen LogP contribution in [0.2, 0.25) is 0 Å². The number of nitrogens with one attached hydrogen (secondary N) is 1. The topological polar surface area (TPSA) is 93.9 Å². The van der Waals surface area contributed by atoms with Crippen LogP contribution in [-0.4, -0.2) is 51.7 Å². The normalized spacial score (nSPS) is 14.7. The molecule has 0 atom stereocenters. The van der Waals surface area contributed by atoms with E-state index in [0.29, 0.717) is 16.7 Å². The van der Waals surface area contributed by atoms with Gasteiger partial charge in [-0.1, -0.05) is 55.9 Å². The van der Waals surface area contributed by atoms with E-state index >= 15 is 0 Å². The number of ether oxygens (including phenoxy) is 2. The van der Waals surface area contributed by atoms with Crippen molar-refractivity contribution in [3.63, 3.8) is 0 Å². The number of methoxy groups -OCH3 is 1. The minimum Gasteiger partial charge on any atom is -0.497 e. The second kappa shape index (κ2) is 12.8. The Kier molecular flexibility index (Phi) is 9.10. The minimum absolute atomic E-state index is 0.283. The number of carbonyl (C=O) groups is 1. The molecule has 1 saturated heterocycles. The van der Waals surface area contributed by atoms with E-state index in [9.17, 15) is 18.0 Å². The molecule has 5 rings (SSSR count). The number of benzene rings is 3. The van der Waals surface area contributed by atoms with Crippen molar-refractivity contribution in [2.75, 3.05) is 24.3 Å². The van der Waals surface area contributed by atoms with Crippen LogP contribution in [0.1, 0.15) is 44.7 Å². The first kappa shape index (κ1) is 31.9. The zero-order valence-corrected chi connectivity index (χ0v) is 26.2. The predicted molar refractivity (Wildman–Crippen MR) is 169 cm³/mol. The lowest BCUT2D eigenvalue weighted by Gasteiger charge is -2.27. The zero-order valence-electron chi connectivity index (χ0n) is 25.4. The number of alkyl halides is 3. The number of urea groups is 1. The monoisotopic (exact) mass is 638 g/mol. The lowest BCUT2D eigenvalue weighted by Crippen LogP contribution is -2.40. The molecular formula is C32H33F3N6O3S. The van der Waals surface area contributed by atoms with Crippen LogP contribution in [0.4, 0.5) is 23.7 Å². The maximum absolute atomic E-state index is 13.2. The van der Waals surface area contributed by atoms with E-state index in [4.69, 9.17) is 4.74 Å². The number of nitrogens with zero attached hydrogens (tertiary/aromatic N) is 5. The summed E-state index contributed by atoms with van der Waals surface area (Å²) >= 11 is 1.54. The summed E-state index contributed by atoms with van der Waals surface area (Å²) < 4.78 is 48.2. The fourth-order valence-corrected chi connectivity index (χ4v) is 5.85. The van der Waals surface area contributed by atoms with Gasteiger partial charge in [0.25, 0.3) is 0 Å². The molecule has 45 heavy (non-hydrogen) atoms. The quantitative estimate of drug-likeness (QED) is 0.213. The smallest absolute Gasteiger partial charge is 0.497 e. The Balaban J connectivity index is 1.27. The molecule has 1 fully saturated rings. The van der Waals surface area contributed by atoms with Crippen LogP contribution in [0.25, 0.3) is 17.1 Å². The molecule has 4 aromatic rings. The van der Waals surface area contributed by atoms with E-state index in [2.05, 4.69) is 49.9 Å². The van der Waals surface area contributed by atoms with Gasteiger partial charge in [0.05, 0.1) is 18.3 Å². The predicted octanol–water partition coefficient (Wildman–Crippen LogP) is 7.52. The Morgan fingerprint density at radius 1 is 1.02 bits per heavy atom. The second-order valence-corrected chi connectivity index (χ2v) is 12.2. The van der Waals surface area contributed by atoms with E-state index in [1.807, 2.05) is 50.2 Å². The molecule has 3 aromatic carbocycles. The summed E-state index contributed by atoms with van der Waals surface area (Å²) in [6.45, 7) is 8.80. The van der Waals surface area contributed by atoms with Gasteiger partial charge in [0.1, 0.15) is 17.8 Å². The Hall–Kier alpha value is -4.52. The van der Waals surface area contributed by atoms with Crippen LogP contribution in [0.3, 0.4) is 0 Å². The first-order valence-corrected chi connectivity index (χ1v) is 15.2. The number of aromatic nitrogens is 3. The first-order valence-electron chi connectivity index (χ1n) is 14.2. The molecule has 9 nitrogen and oxygen atoms in total. The number of anilines is 1. The average molecular weight is 639 g/mol. The van der Waals surface area contributed by atoms with Crippen LogP contribution in [0.5, 0.6) is 11.5 Å². The van der Waals surface area contributed by atoms with Gasteiger partial charge in [-0.05, 0) is 61.2 Å². The fourth-order valence-electron chi connectivity index (χ4n) is 4.90. The highest BCUT2D eigenvalue weighted by Crippen LogP contribution is 2.35. The highest BCUT2D eigenvalue weighted by atomic mass is 32.2. The molecule has 0 spiro atoms. The van der Waals surface area contributed by atoms with Crippen molar-refractivity contribution in [2.45, 2.75) is 45.5 Å². The van der Waals surface area contributed by atoms with Gasteiger partial charge in [0.2, 0.25) is 0 Å². The highest BCUT2D eigenvalue weighted by molar-refractivity contribution is 8.14. The summed E-state index contributed by atoms with van der Waals surface area (Å²) in [5, 5.41) is 8.12. The van der Waals surface area contributed by atoms with Crippen molar-refractivity contribution in [1.29, 1.82) is 0 Å². The molecule has 0 bridgehead atoms. The van der Waals surface area contributed by atoms with Crippen LogP contribution in [-0.2, 0) is 5.54 Å². The van der Waals surface area contributed by atoms with Gasteiger partial charge in [-0.2, -0.15) is 4.99 Å². The van der Waals surface area contributed by atoms with Crippen LogP contribution in [0, 0.1) is 0 Å². The third-order valence-corrected chi connectivity index (χ3v) is 8.19.